The fourth-order valence-corrected chi connectivity index (χ4v) is 3.31. The van der Waals surface area contributed by atoms with Crippen molar-refractivity contribution < 1.29 is 22.7 Å². The predicted molar refractivity (Wildman–Crippen MR) is 89.0 cm³/mol. The van der Waals surface area contributed by atoms with Crippen LogP contribution in [0.15, 0.2) is 47.6 Å². The fraction of sp³-hybridized carbons (Fsp3) is 0.176. The summed E-state index contributed by atoms with van der Waals surface area (Å²) in [4.78, 5) is 16.5. The first-order valence-corrected chi connectivity index (χ1v) is 8.24. The van der Waals surface area contributed by atoms with Gasteiger partial charge < -0.3 is 4.74 Å². The summed E-state index contributed by atoms with van der Waals surface area (Å²) >= 11 is 0.873. The minimum Gasteiger partial charge on any atom is -0.496 e. The van der Waals surface area contributed by atoms with Gasteiger partial charge in [-0.25, -0.2) is 9.37 Å². The number of imidazole rings is 1. The van der Waals surface area contributed by atoms with Crippen molar-refractivity contribution in [3.05, 3.63) is 53.8 Å². The lowest BCUT2D eigenvalue weighted by atomic mass is 10.1. The lowest BCUT2D eigenvalue weighted by Crippen LogP contribution is -2.07. The topological polar surface area (TPSA) is 44.1 Å². The molecule has 0 aliphatic carbocycles. The number of ketones is 1. The number of thioether (sulfide) groups is 1. The molecule has 1 aromatic heterocycles. The highest BCUT2D eigenvalue weighted by atomic mass is 32.2. The number of carbonyl (C=O) groups is 1. The Morgan fingerprint density at radius 3 is 2.76 bits per heavy atom. The van der Waals surface area contributed by atoms with Crippen molar-refractivity contribution >= 4 is 28.6 Å². The van der Waals surface area contributed by atoms with Crippen molar-refractivity contribution in [2.75, 3.05) is 12.9 Å². The summed E-state index contributed by atoms with van der Waals surface area (Å²) in [6.07, 6.45) is 0. The Bertz CT molecular complexity index is 927. The molecule has 0 aliphatic rings. The molecule has 0 aliphatic heterocycles. The number of alkyl halides is 2. The zero-order valence-electron chi connectivity index (χ0n) is 13.1. The molecule has 0 bridgehead atoms. The molecule has 3 rings (SSSR count). The number of nitrogens with zero attached hydrogens (tertiary/aromatic N) is 2. The summed E-state index contributed by atoms with van der Waals surface area (Å²) in [6.45, 7) is -2.78. The van der Waals surface area contributed by atoms with Crippen molar-refractivity contribution in [3.63, 3.8) is 0 Å². The Kier molecular flexibility index (Phi) is 4.98. The number of hydrogen-bond acceptors (Lipinski definition) is 4. The number of aromatic nitrogens is 2. The van der Waals surface area contributed by atoms with Crippen LogP contribution in [-0.2, 0) is 0 Å². The minimum absolute atomic E-state index is 0.0277. The molecule has 1 heterocycles. The Hall–Kier alpha value is -2.48. The van der Waals surface area contributed by atoms with E-state index >= 15 is 0 Å². The molecule has 25 heavy (non-hydrogen) atoms. The van der Waals surface area contributed by atoms with Crippen LogP contribution in [0.25, 0.3) is 11.0 Å². The van der Waals surface area contributed by atoms with Gasteiger partial charge in [-0.2, -0.15) is 8.78 Å². The molecule has 0 fully saturated rings. The maximum absolute atomic E-state index is 13.4. The minimum atomic E-state index is -2.78. The largest absolute Gasteiger partial charge is 0.496 e. The van der Waals surface area contributed by atoms with Crippen molar-refractivity contribution in [1.29, 1.82) is 0 Å². The Morgan fingerprint density at radius 2 is 2.04 bits per heavy atom. The lowest BCUT2D eigenvalue weighted by molar-refractivity contribution is 0.0656. The van der Waals surface area contributed by atoms with E-state index in [1.54, 1.807) is 18.2 Å². The predicted octanol–water partition coefficient (Wildman–Crippen LogP) is 4.55. The van der Waals surface area contributed by atoms with Gasteiger partial charge in [0.2, 0.25) is 0 Å². The van der Waals surface area contributed by atoms with E-state index in [0.717, 1.165) is 22.4 Å². The second kappa shape index (κ2) is 7.18. The van der Waals surface area contributed by atoms with Crippen molar-refractivity contribution in [1.82, 2.24) is 9.55 Å². The number of ether oxygens (including phenoxy) is 1. The summed E-state index contributed by atoms with van der Waals surface area (Å²) in [7, 11) is 1.37. The second-order valence-electron chi connectivity index (χ2n) is 5.09. The molecule has 0 saturated carbocycles. The molecule has 0 amide bonds. The standard InChI is InChI=1S/C17H13F3N2O2S/c1-24-15-7-6-10(18)8-11(15)14(23)9-25-17-21-12-4-2-3-5-13(12)22(17)16(19)20/h2-8,16H,9H2,1H3. The van der Waals surface area contributed by atoms with Gasteiger partial charge in [0.1, 0.15) is 11.6 Å². The van der Waals surface area contributed by atoms with E-state index in [0.29, 0.717) is 5.52 Å². The van der Waals surface area contributed by atoms with E-state index in [4.69, 9.17) is 4.74 Å². The lowest BCUT2D eigenvalue weighted by Gasteiger charge is -2.09. The average molecular weight is 366 g/mol. The zero-order chi connectivity index (χ0) is 18.0. The number of benzene rings is 2. The number of halogens is 3. The monoisotopic (exact) mass is 366 g/mol. The molecule has 2 aromatic carbocycles. The molecule has 0 atom stereocenters. The summed E-state index contributed by atoms with van der Waals surface area (Å²) < 4.78 is 45.9. The molecular formula is C17H13F3N2O2S. The summed E-state index contributed by atoms with van der Waals surface area (Å²) in [6, 6.07) is 10.1. The second-order valence-corrected chi connectivity index (χ2v) is 6.03. The molecule has 0 N–H and O–H groups in total. The van der Waals surface area contributed by atoms with Crippen LogP contribution in [-0.4, -0.2) is 28.2 Å². The van der Waals surface area contributed by atoms with E-state index in [1.807, 2.05) is 0 Å². The molecule has 0 radical (unpaired) electrons. The highest BCUT2D eigenvalue weighted by Gasteiger charge is 2.20. The van der Waals surface area contributed by atoms with Crippen LogP contribution >= 0.6 is 11.8 Å². The summed E-state index contributed by atoms with van der Waals surface area (Å²) in [5, 5.41) is 0.0277. The number of Topliss-reactive ketones (excluding diaryl/α,β-unsaturated/α-hetero) is 1. The van der Waals surface area contributed by atoms with Crippen molar-refractivity contribution in [3.8, 4) is 5.75 Å². The molecular weight excluding hydrogens is 353 g/mol. The Balaban J connectivity index is 1.87. The molecule has 4 nitrogen and oxygen atoms in total. The van der Waals surface area contributed by atoms with E-state index < -0.39 is 18.1 Å². The number of methoxy groups -OCH3 is 1. The van der Waals surface area contributed by atoms with Gasteiger partial charge in [0.05, 0.1) is 29.5 Å². The molecule has 0 saturated heterocycles. The van der Waals surface area contributed by atoms with E-state index in [2.05, 4.69) is 4.98 Å². The van der Waals surface area contributed by atoms with E-state index in [1.165, 1.54) is 25.3 Å². The van der Waals surface area contributed by atoms with Gasteiger partial charge in [-0.05, 0) is 30.3 Å². The van der Waals surface area contributed by atoms with Gasteiger partial charge >= 0.3 is 6.55 Å². The van der Waals surface area contributed by atoms with Gasteiger partial charge in [0.15, 0.2) is 10.9 Å². The van der Waals surface area contributed by atoms with Crippen LogP contribution in [0.1, 0.15) is 16.9 Å². The van der Waals surface area contributed by atoms with Gasteiger partial charge in [0, 0.05) is 0 Å². The zero-order valence-corrected chi connectivity index (χ0v) is 13.9. The molecule has 0 unspecified atom stereocenters. The fourth-order valence-electron chi connectivity index (χ4n) is 2.42. The third-order valence-corrected chi connectivity index (χ3v) is 4.51. The maximum atomic E-state index is 13.4. The molecule has 8 heteroatoms. The number of carbonyl (C=O) groups excluding carboxylic acids is 1. The van der Waals surface area contributed by atoms with Crippen LogP contribution in [0.4, 0.5) is 13.2 Å². The summed E-state index contributed by atoms with van der Waals surface area (Å²) in [5.74, 6) is -0.951. The van der Waals surface area contributed by atoms with Crippen LogP contribution in [0.3, 0.4) is 0 Å². The first kappa shape index (κ1) is 17.3. The van der Waals surface area contributed by atoms with Crippen LogP contribution < -0.4 is 4.74 Å². The first-order chi connectivity index (χ1) is 12.0. The van der Waals surface area contributed by atoms with E-state index in [-0.39, 0.29) is 27.7 Å². The normalized spacial score (nSPS) is 11.2. The quantitative estimate of drug-likeness (QED) is 0.474. The molecule has 130 valence electrons. The number of rotatable bonds is 6. The molecule has 0 spiro atoms. The van der Waals surface area contributed by atoms with Gasteiger partial charge in [0.25, 0.3) is 0 Å². The third kappa shape index (κ3) is 3.48. The van der Waals surface area contributed by atoms with Crippen molar-refractivity contribution in [2.45, 2.75) is 11.7 Å². The van der Waals surface area contributed by atoms with Gasteiger partial charge in [-0.3, -0.25) is 9.36 Å². The smallest absolute Gasteiger partial charge is 0.321 e. The highest BCUT2D eigenvalue weighted by Crippen LogP contribution is 2.30. The number of hydrogen-bond donors (Lipinski definition) is 0. The number of para-hydroxylation sites is 2. The van der Waals surface area contributed by atoms with Gasteiger partial charge in [-0.15, -0.1) is 0 Å². The van der Waals surface area contributed by atoms with Gasteiger partial charge in [-0.1, -0.05) is 23.9 Å². The van der Waals surface area contributed by atoms with Crippen molar-refractivity contribution in [2.24, 2.45) is 0 Å². The SMILES string of the molecule is COc1ccc(F)cc1C(=O)CSc1nc2ccccc2n1C(F)F. The average Bonchev–Trinajstić information content (AvgIpc) is 2.98. The van der Waals surface area contributed by atoms with E-state index in [9.17, 15) is 18.0 Å². The van der Waals surface area contributed by atoms with Crippen LogP contribution in [0.2, 0.25) is 0 Å². The Morgan fingerprint density at radius 1 is 1.28 bits per heavy atom. The van der Waals surface area contributed by atoms with Crippen LogP contribution in [0, 0.1) is 5.82 Å². The third-order valence-electron chi connectivity index (χ3n) is 3.55. The van der Waals surface area contributed by atoms with Crippen LogP contribution in [0.5, 0.6) is 5.75 Å². The molecule has 3 aromatic rings. The highest BCUT2D eigenvalue weighted by molar-refractivity contribution is 7.99. The Labute approximate surface area is 145 Å². The summed E-state index contributed by atoms with van der Waals surface area (Å²) in [5.41, 5.74) is 0.770. The number of fused-ring (bicyclic) bond motifs is 1. The maximum Gasteiger partial charge on any atom is 0.321 e. The first-order valence-electron chi connectivity index (χ1n) is 7.26.